The molecular weight excluding hydrogens is 1640 g/mol. The minimum atomic E-state index is 0.506. The smallest absolute Gasteiger partial charge is 0.0541 e. The maximum Gasteiger partial charge on any atom is 0.0541 e. The van der Waals surface area contributed by atoms with Crippen LogP contribution in [-0.4, -0.2) is 18.3 Å². The summed E-state index contributed by atoms with van der Waals surface area (Å²) in [6, 6.07) is 159. The third kappa shape index (κ3) is 14.1. The van der Waals surface area contributed by atoms with Gasteiger partial charge in [-0.2, -0.15) is 0 Å². The van der Waals surface area contributed by atoms with Crippen molar-refractivity contribution in [3.05, 3.63) is 503 Å². The molecule has 0 aliphatic heterocycles. The third-order valence-corrected chi connectivity index (χ3v) is 29.6. The second-order valence-corrected chi connectivity index (χ2v) is 38.0. The fourth-order valence-corrected chi connectivity index (χ4v) is 22.6. The predicted octanol–water partition coefficient (Wildman–Crippen LogP) is 34.8. The van der Waals surface area contributed by atoms with Crippen LogP contribution in [0.1, 0.15) is 98.5 Å². The summed E-state index contributed by atoms with van der Waals surface area (Å²) < 4.78 is 9.64. The Morgan fingerprint density at radius 3 is 0.846 bits per heavy atom. The lowest BCUT2D eigenvalue weighted by atomic mass is 9.96. The highest BCUT2D eigenvalue weighted by Gasteiger charge is 2.27. The molecule has 4 aliphatic carbocycles. The monoisotopic (exact) mass is 1740 g/mol. The summed E-state index contributed by atoms with van der Waals surface area (Å²) in [5.41, 5.74) is 54.1. The van der Waals surface area contributed by atoms with E-state index in [9.17, 15) is 0 Å². The Hall–Kier alpha value is -16.4. The van der Waals surface area contributed by atoms with Gasteiger partial charge in [-0.15, -0.1) is 0 Å². The van der Waals surface area contributed by atoms with Gasteiger partial charge in [0, 0.05) is 65.8 Å². The Labute approximate surface area is 794 Å². The number of benzene rings is 20. The van der Waals surface area contributed by atoms with E-state index < -0.39 is 0 Å². The van der Waals surface area contributed by atoms with Crippen molar-refractivity contribution in [3.8, 4) is 112 Å². The van der Waals surface area contributed by atoms with Gasteiger partial charge in [0.15, 0.2) is 0 Å². The second-order valence-electron chi connectivity index (χ2n) is 38.0. The van der Waals surface area contributed by atoms with Crippen LogP contribution in [0, 0.1) is 27.7 Å². The molecule has 1 unspecified atom stereocenters. The summed E-state index contributed by atoms with van der Waals surface area (Å²) in [5.74, 6) is 0.506. The molecule has 4 heterocycles. The quantitative estimate of drug-likeness (QED) is 0.130. The van der Waals surface area contributed by atoms with Crippen molar-refractivity contribution in [1.29, 1.82) is 0 Å². The van der Waals surface area contributed by atoms with E-state index in [2.05, 4.69) is 491 Å². The van der Waals surface area contributed by atoms with E-state index in [1.54, 1.807) is 0 Å². The van der Waals surface area contributed by atoms with Crippen molar-refractivity contribution in [3.63, 3.8) is 0 Å². The Kier molecular flexibility index (Phi) is 20.0. The molecule has 4 aromatic heterocycles. The number of rotatable bonds is 10. The van der Waals surface area contributed by atoms with Crippen LogP contribution >= 0.6 is 0 Å². The van der Waals surface area contributed by atoms with Gasteiger partial charge in [0.05, 0.1) is 44.1 Å². The highest BCUT2D eigenvalue weighted by molar-refractivity contribution is 6.15. The van der Waals surface area contributed by atoms with Crippen molar-refractivity contribution in [2.45, 2.75) is 79.6 Å². The van der Waals surface area contributed by atoms with Crippen molar-refractivity contribution in [2.24, 2.45) is 0 Å². The number of aromatic nitrogens is 4. The highest BCUT2D eigenvalue weighted by Crippen LogP contribution is 2.48. The SMILES string of the molecule is CCC(C)c1ccccc1-n1c2ccccc2c2cc(-c3ccc4c(c3)-c3ccccc3C4)ccc21.Cc1ccc(-n2c3ccccc3c3cc(-c4ccc5c(c4)-c4ccccc4C5)ccc32)cc1.Cc1cccc(-n2c3ccc(C)cc3c3cc(-c4ccc5c(c4)-c4ccccc4C5)ccc32)c1.Cc1cccc(-n2c3ccccc3c3cc(-c4ccc5c(c4)-c4ccccc4C5)ccc32)c1. The van der Waals surface area contributed by atoms with Gasteiger partial charge in [-0.25, -0.2) is 0 Å². The van der Waals surface area contributed by atoms with Crippen molar-refractivity contribution < 1.29 is 0 Å². The second kappa shape index (κ2) is 33.4. The third-order valence-electron chi connectivity index (χ3n) is 29.6. The van der Waals surface area contributed by atoms with Crippen LogP contribution in [0.3, 0.4) is 0 Å². The van der Waals surface area contributed by atoms with Crippen molar-refractivity contribution >= 4 is 87.2 Å². The Morgan fingerprint density at radius 1 is 0.191 bits per heavy atom. The van der Waals surface area contributed by atoms with Gasteiger partial charge in [-0.05, 0) is 362 Å². The van der Waals surface area contributed by atoms with E-state index in [0.717, 1.165) is 32.1 Å². The van der Waals surface area contributed by atoms with E-state index >= 15 is 0 Å². The van der Waals surface area contributed by atoms with Crippen LogP contribution in [-0.2, 0) is 25.7 Å². The molecule has 0 bridgehead atoms. The summed E-state index contributed by atoms with van der Waals surface area (Å²) in [7, 11) is 0. The van der Waals surface area contributed by atoms with Gasteiger partial charge in [-0.1, -0.05) is 310 Å². The van der Waals surface area contributed by atoms with Crippen LogP contribution in [0.15, 0.2) is 431 Å². The van der Waals surface area contributed by atoms with Crippen molar-refractivity contribution in [2.75, 3.05) is 0 Å². The molecule has 4 heteroatoms. The summed E-state index contributed by atoms with van der Waals surface area (Å²) in [5, 5.41) is 10.4. The number of aryl methyl sites for hydroxylation is 4. The van der Waals surface area contributed by atoms with Crippen LogP contribution in [0.4, 0.5) is 0 Å². The molecule has 1 atom stereocenters. The summed E-state index contributed by atoms with van der Waals surface area (Å²) in [6.07, 6.45) is 5.27. The molecule has 648 valence electrons. The average Bonchev–Trinajstić information content (AvgIpc) is 1.60. The molecule has 0 N–H and O–H groups in total. The molecule has 4 aliphatic rings. The lowest BCUT2D eigenvalue weighted by Crippen LogP contribution is -2.02. The van der Waals surface area contributed by atoms with Crippen LogP contribution in [0.5, 0.6) is 0 Å². The van der Waals surface area contributed by atoms with E-state index in [1.165, 1.54) is 271 Å². The Bertz CT molecular complexity index is 8980. The van der Waals surface area contributed by atoms with Crippen LogP contribution < -0.4 is 0 Å². The molecule has 24 aromatic rings. The largest absolute Gasteiger partial charge is 0.309 e. The van der Waals surface area contributed by atoms with Gasteiger partial charge in [-0.3, -0.25) is 0 Å². The van der Waals surface area contributed by atoms with Gasteiger partial charge < -0.3 is 18.3 Å². The highest BCUT2D eigenvalue weighted by atomic mass is 15.0. The minimum Gasteiger partial charge on any atom is -0.309 e. The van der Waals surface area contributed by atoms with Gasteiger partial charge in [0.2, 0.25) is 0 Å². The summed E-state index contributed by atoms with van der Waals surface area (Å²) >= 11 is 0. The zero-order chi connectivity index (χ0) is 90.9. The number of hydrogen-bond donors (Lipinski definition) is 0. The lowest BCUT2D eigenvalue weighted by Gasteiger charge is -2.17. The molecule has 0 amide bonds. The van der Waals surface area contributed by atoms with E-state index in [4.69, 9.17) is 0 Å². The molecular formula is C132H100N4. The van der Waals surface area contributed by atoms with Crippen molar-refractivity contribution in [1.82, 2.24) is 18.3 Å². The first-order chi connectivity index (χ1) is 66.9. The first-order valence-corrected chi connectivity index (χ1v) is 48.2. The standard InChI is InChI=1S/C35H29N.C33H25N.2C32H23N/c1-3-23(2)28-11-6-8-14-33(28)36-34-15-9-7-13-30(34)32-22-25(18-19-35(32)36)24-16-17-27-20-26-10-4-5-12-29(26)31(27)21-24;1-21-6-5-8-27(16-21)34-32-14-10-22(2)17-30(32)31-20-24(13-15-33(31)34)23-11-12-26-18-25-7-3-4-9-28(25)29(26)19-23;1-21-7-6-9-26(17-21)33-31-12-5-4-11-28(31)30-20-23(15-16-32(30)33)22-13-14-25-18-24-8-2-3-10-27(24)29(25)19-22;1-21-10-15-26(16-11-21)33-31-9-5-4-8-28(31)30-20-23(14-17-32(30)33)22-12-13-25-18-24-6-2-3-7-27(24)29(25)19-22/h4-19,21-23H,3,20H2,1-2H3;3-17,19-20H,18H2,1-2H3;2*2-17,19-20H,18H2,1H3. The number of nitrogens with zero attached hydrogens (tertiary/aromatic N) is 4. The summed E-state index contributed by atoms with van der Waals surface area (Å²) in [6.45, 7) is 13.2. The normalized spacial score (nSPS) is 12.5. The predicted molar refractivity (Wildman–Crippen MR) is 575 cm³/mol. The van der Waals surface area contributed by atoms with Crippen LogP contribution in [0.2, 0.25) is 0 Å². The minimum absolute atomic E-state index is 0.506. The number of para-hydroxylation sites is 4. The fraction of sp³-hybridized carbons (Fsp3) is 0.0909. The summed E-state index contributed by atoms with van der Waals surface area (Å²) in [4.78, 5) is 0. The Morgan fingerprint density at radius 2 is 0.463 bits per heavy atom. The molecule has 0 spiro atoms. The van der Waals surface area contributed by atoms with E-state index in [-0.39, 0.29) is 0 Å². The molecule has 0 saturated carbocycles. The van der Waals surface area contributed by atoms with Gasteiger partial charge >= 0.3 is 0 Å². The number of hydrogen-bond acceptors (Lipinski definition) is 0. The average molecular weight is 1740 g/mol. The zero-order valence-corrected chi connectivity index (χ0v) is 77.4. The Balaban J connectivity index is 0.0000000966. The number of fused-ring (bicyclic) bond motifs is 24. The molecule has 0 saturated heterocycles. The maximum atomic E-state index is 2.47. The van der Waals surface area contributed by atoms with Crippen LogP contribution in [0.25, 0.3) is 199 Å². The molecule has 20 aromatic carbocycles. The first kappa shape index (κ1) is 81.6. The fourth-order valence-electron chi connectivity index (χ4n) is 22.6. The molecule has 0 radical (unpaired) electrons. The topological polar surface area (TPSA) is 19.7 Å². The lowest BCUT2D eigenvalue weighted by molar-refractivity contribution is 0.728. The van der Waals surface area contributed by atoms with E-state index in [0.29, 0.717) is 5.92 Å². The van der Waals surface area contributed by atoms with E-state index in [1.807, 2.05) is 0 Å². The maximum absolute atomic E-state index is 2.47. The first-order valence-electron chi connectivity index (χ1n) is 48.2. The zero-order valence-electron chi connectivity index (χ0n) is 77.4. The van der Waals surface area contributed by atoms with Gasteiger partial charge in [0.25, 0.3) is 0 Å². The molecule has 136 heavy (non-hydrogen) atoms. The molecule has 4 nitrogen and oxygen atoms in total. The van der Waals surface area contributed by atoms with Gasteiger partial charge in [0.1, 0.15) is 0 Å². The molecule has 28 rings (SSSR count). The molecule has 0 fully saturated rings.